The number of fused-ring (bicyclic) bond motifs is 1. The number of nitrogens with zero attached hydrogens (tertiary/aromatic N) is 1. The van der Waals surface area contributed by atoms with Crippen LogP contribution in [-0.4, -0.2) is 31.2 Å². The molecule has 148 valence electrons. The third kappa shape index (κ3) is 4.28. The zero-order chi connectivity index (χ0) is 19.5. The van der Waals surface area contributed by atoms with Crippen LogP contribution < -0.4 is 0 Å². The zero-order valence-corrected chi connectivity index (χ0v) is 17.2. The summed E-state index contributed by atoms with van der Waals surface area (Å²) in [4.78, 5) is 3.59. The van der Waals surface area contributed by atoms with Crippen molar-refractivity contribution in [1.29, 1.82) is 0 Å². The molecule has 1 aliphatic rings. The first-order valence-corrected chi connectivity index (χ1v) is 11.0. The van der Waals surface area contributed by atoms with Crippen molar-refractivity contribution in [3.63, 3.8) is 0 Å². The topological polar surface area (TPSA) is 3.24 Å². The van der Waals surface area contributed by atoms with Crippen LogP contribution in [0.2, 0.25) is 0 Å². The van der Waals surface area contributed by atoms with Crippen LogP contribution in [0.25, 0.3) is 10.1 Å². The Morgan fingerprint density at radius 1 is 1.11 bits per heavy atom. The minimum absolute atomic E-state index is 0.121. The fourth-order valence-electron chi connectivity index (χ4n) is 4.37. The number of rotatable bonds is 7. The molecule has 0 bridgehead atoms. The molecule has 0 aliphatic carbocycles. The summed E-state index contributed by atoms with van der Waals surface area (Å²) >= 11 is 1.55. The number of alkyl halides is 1. The van der Waals surface area contributed by atoms with Gasteiger partial charge in [0, 0.05) is 18.0 Å². The Balaban J connectivity index is 1.41. The normalized spacial score (nSPS) is 17.6. The van der Waals surface area contributed by atoms with Gasteiger partial charge < -0.3 is 4.90 Å². The minimum Gasteiger partial charge on any atom is -0.303 e. The fourth-order valence-corrected chi connectivity index (χ4v) is 5.45. The first-order chi connectivity index (χ1) is 13.6. The van der Waals surface area contributed by atoms with E-state index in [0.29, 0.717) is 12.3 Å². The van der Waals surface area contributed by atoms with Crippen molar-refractivity contribution in [3.05, 3.63) is 69.8 Å². The summed E-state index contributed by atoms with van der Waals surface area (Å²) in [7, 11) is 0. The van der Waals surface area contributed by atoms with Crippen LogP contribution in [0.15, 0.2) is 42.5 Å². The van der Waals surface area contributed by atoms with Crippen molar-refractivity contribution in [1.82, 2.24) is 4.90 Å². The SMILES string of the molecule is Cc1sc2c(F)cccc2c1Cc1ccc(CC2CCN(CCCF)C2)cc1. The van der Waals surface area contributed by atoms with E-state index < -0.39 is 0 Å². The summed E-state index contributed by atoms with van der Waals surface area (Å²) in [5.41, 5.74) is 3.89. The second-order valence-electron chi connectivity index (χ2n) is 7.95. The maximum atomic E-state index is 14.0. The van der Waals surface area contributed by atoms with Crippen molar-refractivity contribution in [3.8, 4) is 0 Å². The molecule has 1 unspecified atom stereocenters. The molecule has 0 amide bonds. The van der Waals surface area contributed by atoms with Gasteiger partial charge in [-0.05, 0) is 73.2 Å². The maximum absolute atomic E-state index is 14.0. The molecule has 0 saturated carbocycles. The number of likely N-dealkylation sites (tertiary alicyclic amines) is 1. The monoisotopic (exact) mass is 399 g/mol. The number of thiophene rings is 1. The number of benzene rings is 2. The molecule has 1 fully saturated rings. The zero-order valence-electron chi connectivity index (χ0n) is 16.4. The summed E-state index contributed by atoms with van der Waals surface area (Å²) in [6.45, 7) is 4.95. The molecule has 2 heterocycles. The van der Waals surface area contributed by atoms with Crippen LogP contribution in [0.3, 0.4) is 0 Å². The van der Waals surface area contributed by atoms with Crippen molar-refractivity contribution in [2.75, 3.05) is 26.3 Å². The van der Waals surface area contributed by atoms with Crippen molar-refractivity contribution >= 4 is 21.4 Å². The standard InChI is InChI=1S/C24H27F2NS/c1-17-22(21-4-2-5-23(26)24(21)28-17)15-19-8-6-18(7-9-19)14-20-10-13-27(16-20)12-3-11-25/h2,4-9,20H,3,10-16H2,1H3. The van der Waals surface area contributed by atoms with Gasteiger partial charge in [-0.1, -0.05) is 36.4 Å². The third-order valence-electron chi connectivity index (χ3n) is 5.88. The highest BCUT2D eigenvalue weighted by Crippen LogP contribution is 2.34. The first-order valence-electron chi connectivity index (χ1n) is 10.2. The summed E-state index contributed by atoms with van der Waals surface area (Å²) in [6.07, 6.45) is 3.80. The second-order valence-corrected chi connectivity index (χ2v) is 9.17. The summed E-state index contributed by atoms with van der Waals surface area (Å²) < 4.78 is 27.2. The summed E-state index contributed by atoms with van der Waals surface area (Å²) in [6, 6.07) is 14.3. The Labute approximate surface area is 170 Å². The molecule has 4 rings (SSSR count). The van der Waals surface area contributed by atoms with E-state index in [1.165, 1.54) is 28.0 Å². The van der Waals surface area contributed by atoms with E-state index in [2.05, 4.69) is 36.1 Å². The van der Waals surface area contributed by atoms with Gasteiger partial charge in [0.15, 0.2) is 0 Å². The Morgan fingerprint density at radius 2 is 1.89 bits per heavy atom. The summed E-state index contributed by atoms with van der Waals surface area (Å²) in [5.74, 6) is 0.556. The van der Waals surface area contributed by atoms with Crippen LogP contribution in [0.1, 0.15) is 34.4 Å². The largest absolute Gasteiger partial charge is 0.303 e. The van der Waals surface area contributed by atoms with Crippen molar-refractivity contribution < 1.29 is 8.78 Å². The molecule has 1 saturated heterocycles. The predicted octanol–water partition coefficient (Wildman–Crippen LogP) is 6.16. The smallest absolute Gasteiger partial charge is 0.141 e. The van der Waals surface area contributed by atoms with Gasteiger partial charge in [0.2, 0.25) is 0 Å². The van der Waals surface area contributed by atoms with E-state index in [0.717, 1.165) is 42.6 Å². The van der Waals surface area contributed by atoms with Gasteiger partial charge in [-0.15, -0.1) is 11.3 Å². The van der Waals surface area contributed by atoms with Crippen LogP contribution in [0, 0.1) is 18.7 Å². The predicted molar refractivity (Wildman–Crippen MR) is 115 cm³/mol. The molecule has 1 aromatic heterocycles. The Bertz CT molecular complexity index is 932. The van der Waals surface area contributed by atoms with Gasteiger partial charge in [-0.3, -0.25) is 4.39 Å². The van der Waals surface area contributed by atoms with Crippen molar-refractivity contribution in [2.24, 2.45) is 5.92 Å². The lowest BCUT2D eigenvalue weighted by molar-refractivity contribution is 0.301. The summed E-state index contributed by atoms with van der Waals surface area (Å²) in [5, 5.41) is 1.05. The van der Waals surface area contributed by atoms with E-state index in [-0.39, 0.29) is 12.5 Å². The molecule has 1 nitrogen and oxygen atoms in total. The Kier molecular flexibility index (Phi) is 6.07. The van der Waals surface area contributed by atoms with Crippen LogP contribution >= 0.6 is 11.3 Å². The molecule has 28 heavy (non-hydrogen) atoms. The molecule has 2 aromatic carbocycles. The van der Waals surface area contributed by atoms with Gasteiger partial charge in [-0.2, -0.15) is 0 Å². The maximum Gasteiger partial charge on any atom is 0.141 e. The van der Waals surface area contributed by atoms with Crippen LogP contribution in [-0.2, 0) is 12.8 Å². The van der Waals surface area contributed by atoms with Crippen LogP contribution in [0.4, 0.5) is 8.78 Å². The highest BCUT2D eigenvalue weighted by atomic mass is 32.1. The Hall–Kier alpha value is -1.78. The number of halogens is 2. The lowest BCUT2D eigenvalue weighted by atomic mass is 9.96. The molecular weight excluding hydrogens is 372 g/mol. The molecular formula is C24H27F2NS. The molecule has 0 N–H and O–H groups in total. The lowest BCUT2D eigenvalue weighted by Crippen LogP contribution is -2.22. The highest BCUT2D eigenvalue weighted by Gasteiger charge is 2.22. The minimum atomic E-state index is -0.214. The van der Waals surface area contributed by atoms with E-state index in [1.54, 1.807) is 23.5 Å². The molecule has 3 aromatic rings. The number of hydrogen-bond acceptors (Lipinski definition) is 2. The van der Waals surface area contributed by atoms with E-state index in [1.807, 2.05) is 6.07 Å². The lowest BCUT2D eigenvalue weighted by Gasteiger charge is -2.15. The average molecular weight is 400 g/mol. The number of aryl methyl sites for hydroxylation is 1. The highest BCUT2D eigenvalue weighted by molar-refractivity contribution is 7.19. The number of hydrogen-bond donors (Lipinski definition) is 0. The second kappa shape index (κ2) is 8.71. The first kappa shape index (κ1) is 19.5. The average Bonchev–Trinajstić information content (AvgIpc) is 3.27. The molecule has 1 aliphatic heterocycles. The molecule has 4 heteroatoms. The van der Waals surface area contributed by atoms with Gasteiger partial charge in [0.05, 0.1) is 11.4 Å². The third-order valence-corrected chi connectivity index (χ3v) is 7.05. The van der Waals surface area contributed by atoms with E-state index >= 15 is 0 Å². The van der Waals surface area contributed by atoms with Crippen LogP contribution in [0.5, 0.6) is 0 Å². The van der Waals surface area contributed by atoms with Gasteiger partial charge in [-0.25, -0.2) is 4.39 Å². The van der Waals surface area contributed by atoms with Crippen molar-refractivity contribution in [2.45, 2.75) is 32.6 Å². The molecule has 0 radical (unpaired) electrons. The molecule has 1 atom stereocenters. The fraction of sp³-hybridized carbons (Fsp3) is 0.417. The van der Waals surface area contributed by atoms with Gasteiger partial charge in [0.1, 0.15) is 5.82 Å². The van der Waals surface area contributed by atoms with Gasteiger partial charge in [0.25, 0.3) is 0 Å². The van der Waals surface area contributed by atoms with E-state index in [4.69, 9.17) is 0 Å². The van der Waals surface area contributed by atoms with E-state index in [9.17, 15) is 8.78 Å². The van der Waals surface area contributed by atoms with Gasteiger partial charge >= 0.3 is 0 Å². The quantitative estimate of drug-likeness (QED) is 0.460. The Morgan fingerprint density at radius 3 is 2.68 bits per heavy atom. The molecule has 0 spiro atoms.